The first-order valence-electron chi connectivity index (χ1n) is 6.95. The Bertz CT molecular complexity index is 412. The molecule has 2 heterocycles. The van der Waals surface area contributed by atoms with Crippen LogP contribution >= 0.6 is 0 Å². The Kier molecular flexibility index (Phi) is 3.66. The second-order valence-electron chi connectivity index (χ2n) is 6.41. The van der Waals surface area contributed by atoms with Gasteiger partial charge in [0.2, 0.25) is 5.60 Å². The van der Waals surface area contributed by atoms with E-state index in [4.69, 9.17) is 13.9 Å². The third-order valence-corrected chi connectivity index (χ3v) is 4.47. The van der Waals surface area contributed by atoms with Gasteiger partial charge in [-0.05, 0) is 45.5 Å². The molecule has 19 heavy (non-hydrogen) atoms. The van der Waals surface area contributed by atoms with Gasteiger partial charge in [-0.1, -0.05) is 13.0 Å². The van der Waals surface area contributed by atoms with Crippen molar-refractivity contribution in [2.75, 3.05) is 0 Å². The maximum atomic E-state index is 12.1. The lowest BCUT2D eigenvalue weighted by atomic mass is 9.93. The summed E-state index contributed by atoms with van der Waals surface area (Å²) >= 11 is 0. The smallest absolute Gasteiger partial charge is 0.344 e. The summed E-state index contributed by atoms with van der Waals surface area (Å²) in [4.78, 5) is 12.1. The number of epoxide rings is 1. The topological polar surface area (TPSA) is 48.1 Å². The van der Waals surface area contributed by atoms with Gasteiger partial charge in [0.1, 0.15) is 18.3 Å². The van der Waals surface area contributed by atoms with Crippen LogP contribution in [0.15, 0.2) is 11.6 Å². The molecule has 4 atom stereocenters. The number of carbonyl (C=O) groups is 1. The molecule has 2 aliphatic rings. The zero-order chi connectivity index (χ0) is 14.4. The van der Waals surface area contributed by atoms with Gasteiger partial charge in [-0.2, -0.15) is 0 Å². The third-order valence-electron chi connectivity index (χ3n) is 3.53. The largest absolute Gasteiger partial charge is 0.457 e. The molecule has 0 aromatic heterocycles. The molecule has 0 amide bonds. The van der Waals surface area contributed by atoms with Crippen molar-refractivity contribution in [3.8, 4) is 0 Å². The van der Waals surface area contributed by atoms with E-state index in [1.165, 1.54) is 0 Å². The highest BCUT2D eigenvalue weighted by atomic mass is 28.4. The van der Waals surface area contributed by atoms with Crippen LogP contribution in [0.5, 0.6) is 0 Å². The Labute approximate surface area is 116 Å². The Morgan fingerprint density at radius 2 is 2.16 bits per heavy atom. The van der Waals surface area contributed by atoms with Crippen LogP contribution in [0, 0.1) is 0 Å². The fourth-order valence-corrected chi connectivity index (χ4v) is 3.79. The zero-order valence-electron chi connectivity index (χ0n) is 12.6. The summed E-state index contributed by atoms with van der Waals surface area (Å²) in [7, 11) is -1.78. The fourth-order valence-electron chi connectivity index (χ4n) is 2.73. The van der Waals surface area contributed by atoms with E-state index in [9.17, 15) is 4.79 Å². The molecule has 2 aliphatic heterocycles. The number of ether oxygens (including phenoxy) is 2. The summed E-state index contributed by atoms with van der Waals surface area (Å²) in [5.74, 6) is -0.267. The molecule has 0 aliphatic carbocycles. The van der Waals surface area contributed by atoms with E-state index in [1.54, 1.807) is 0 Å². The van der Waals surface area contributed by atoms with Crippen molar-refractivity contribution in [1.82, 2.24) is 0 Å². The SMILES string of the molecule is CC/C=C(\C)C(O[Si](C)(C)C)[C@@]12O[C@@H]1[C@@H](C)OC2=O. The fraction of sp³-hybridized carbons (Fsp3) is 0.786. The van der Waals surface area contributed by atoms with Crippen LogP contribution in [-0.2, 0) is 18.7 Å². The van der Waals surface area contributed by atoms with Crippen molar-refractivity contribution in [3.05, 3.63) is 11.6 Å². The quantitative estimate of drug-likeness (QED) is 0.337. The van der Waals surface area contributed by atoms with Crippen LogP contribution in [0.2, 0.25) is 19.6 Å². The Morgan fingerprint density at radius 3 is 2.53 bits per heavy atom. The first kappa shape index (κ1) is 14.7. The van der Waals surface area contributed by atoms with Crippen LogP contribution < -0.4 is 0 Å². The number of carbonyl (C=O) groups excluding carboxylic acids is 1. The number of cyclic esters (lactones) is 1. The van der Waals surface area contributed by atoms with Crippen LogP contribution in [0.3, 0.4) is 0 Å². The van der Waals surface area contributed by atoms with Gasteiger partial charge in [0.25, 0.3) is 0 Å². The average Bonchev–Trinajstić information content (AvgIpc) is 2.96. The summed E-state index contributed by atoms with van der Waals surface area (Å²) in [5, 5.41) is 0. The second-order valence-corrected chi connectivity index (χ2v) is 10.9. The number of fused-ring (bicyclic) bond motifs is 1. The van der Waals surface area contributed by atoms with Crippen molar-refractivity contribution in [3.63, 3.8) is 0 Å². The standard InChI is InChI=1S/C14H24O4Si/c1-7-8-9(2)11(18-19(4,5)6)14-12(17-14)10(3)16-13(14)15/h8,10-12H,7H2,1-6H3/b9-8+/t10-,11?,12-,14-/m1/s1. The van der Waals surface area contributed by atoms with Gasteiger partial charge in [-0.25, -0.2) is 4.79 Å². The lowest BCUT2D eigenvalue weighted by Gasteiger charge is -2.29. The maximum Gasteiger partial charge on any atom is 0.344 e. The van der Waals surface area contributed by atoms with Crippen LogP contribution in [0.25, 0.3) is 0 Å². The molecule has 2 rings (SSSR count). The molecule has 108 valence electrons. The lowest BCUT2D eigenvalue weighted by molar-refractivity contribution is -0.155. The first-order chi connectivity index (χ1) is 8.72. The average molecular weight is 284 g/mol. The van der Waals surface area contributed by atoms with E-state index < -0.39 is 13.9 Å². The maximum absolute atomic E-state index is 12.1. The van der Waals surface area contributed by atoms with Crippen LogP contribution in [0.1, 0.15) is 27.2 Å². The Balaban J connectivity index is 2.29. The van der Waals surface area contributed by atoms with Gasteiger partial charge in [-0.3, -0.25) is 0 Å². The number of rotatable bonds is 5. The molecule has 0 aromatic carbocycles. The monoisotopic (exact) mass is 284 g/mol. The van der Waals surface area contributed by atoms with E-state index in [0.29, 0.717) is 0 Å². The molecule has 0 N–H and O–H groups in total. The highest BCUT2D eigenvalue weighted by Gasteiger charge is 2.76. The predicted molar refractivity (Wildman–Crippen MR) is 75.4 cm³/mol. The molecular weight excluding hydrogens is 260 g/mol. The van der Waals surface area contributed by atoms with Crippen LogP contribution in [-0.4, -0.2) is 38.2 Å². The highest BCUT2D eigenvalue weighted by molar-refractivity contribution is 6.69. The van der Waals surface area contributed by atoms with E-state index in [1.807, 2.05) is 13.8 Å². The Morgan fingerprint density at radius 1 is 1.53 bits per heavy atom. The van der Waals surface area contributed by atoms with Crippen molar-refractivity contribution in [1.29, 1.82) is 0 Å². The lowest BCUT2D eigenvalue weighted by Crippen LogP contribution is -2.46. The van der Waals surface area contributed by atoms with E-state index >= 15 is 0 Å². The summed E-state index contributed by atoms with van der Waals surface area (Å²) in [6, 6.07) is 0. The van der Waals surface area contributed by atoms with Crippen molar-refractivity contribution in [2.24, 2.45) is 0 Å². The molecule has 0 bridgehead atoms. The molecule has 0 spiro atoms. The minimum Gasteiger partial charge on any atom is -0.457 e. The summed E-state index contributed by atoms with van der Waals surface area (Å²) < 4.78 is 17.3. The van der Waals surface area contributed by atoms with Gasteiger partial charge in [0.05, 0.1) is 0 Å². The molecule has 1 unspecified atom stereocenters. The van der Waals surface area contributed by atoms with Crippen molar-refractivity contribution < 1.29 is 18.7 Å². The molecular formula is C14H24O4Si. The highest BCUT2D eigenvalue weighted by Crippen LogP contribution is 2.52. The molecule has 0 radical (unpaired) electrons. The molecule has 4 nitrogen and oxygen atoms in total. The van der Waals surface area contributed by atoms with Gasteiger partial charge in [0, 0.05) is 0 Å². The number of hydrogen-bond acceptors (Lipinski definition) is 4. The van der Waals surface area contributed by atoms with Crippen LogP contribution in [0.4, 0.5) is 0 Å². The minimum absolute atomic E-state index is 0.151. The number of hydrogen-bond donors (Lipinski definition) is 0. The predicted octanol–water partition coefficient (Wildman–Crippen LogP) is 2.65. The minimum atomic E-state index is -1.78. The zero-order valence-corrected chi connectivity index (χ0v) is 13.6. The second kappa shape index (κ2) is 4.72. The molecule has 0 saturated carbocycles. The van der Waals surface area contributed by atoms with E-state index in [-0.39, 0.29) is 24.3 Å². The van der Waals surface area contributed by atoms with E-state index in [0.717, 1.165) is 12.0 Å². The molecule has 2 saturated heterocycles. The van der Waals surface area contributed by atoms with Crippen molar-refractivity contribution >= 4 is 14.3 Å². The Hall–Kier alpha value is -0.653. The van der Waals surface area contributed by atoms with Gasteiger partial charge in [-0.15, -0.1) is 0 Å². The number of allylic oxidation sites excluding steroid dienone is 1. The summed E-state index contributed by atoms with van der Waals surface area (Å²) in [5.41, 5.74) is 0.189. The van der Waals surface area contributed by atoms with Gasteiger partial charge < -0.3 is 13.9 Å². The number of esters is 1. The van der Waals surface area contributed by atoms with Gasteiger partial charge >= 0.3 is 5.97 Å². The van der Waals surface area contributed by atoms with E-state index in [2.05, 4.69) is 32.6 Å². The first-order valence-corrected chi connectivity index (χ1v) is 10.4. The third kappa shape index (κ3) is 2.51. The summed E-state index contributed by atoms with van der Waals surface area (Å²) in [6.45, 7) is 12.3. The molecule has 0 aromatic rings. The normalized spacial score (nSPS) is 35.9. The van der Waals surface area contributed by atoms with Crippen molar-refractivity contribution in [2.45, 2.75) is 70.7 Å². The molecule has 5 heteroatoms. The summed E-state index contributed by atoms with van der Waals surface area (Å²) in [6.07, 6.45) is 2.40. The van der Waals surface area contributed by atoms with Gasteiger partial charge in [0.15, 0.2) is 8.32 Å². The molecule has 2 fully saturated rings.